The average Bonchev–Trinajstić information content (AvgIpc) is 2.53. The molecule has 0 unspecified atom stereocenters. The standard InChI is InChI=1S/C19H25NO/c1-4-20-14-15-21-18-12-10-17(11-13-18)19(2,3)16-8-6-5-7-9-16/h5-13,20H,4,14-15H2,1-3H3. The van der Waals surface area contributed by atoms with Gasteiger partial charge in [0.2, 0.25) is 0 Å². The molecular weight excluding hydrogens is 258 g/mol. The molecule has 0 heterocycles. The minimum absolute atomic E-state index is 0.00353. The highest BCUT2D eigenvalue weighted by Gasteiger charge is 2.22. The van der Waals surface area contributed by atoms with Gasteiger partial charge < -0.3 is 10.1 Å². The maximum absolute atomic E-state index is 5.72. The highest BCUT2D eigenvalue weighted by atomic mass is 16.5. The van der Waals surface area contributed by atoms with Crippen LogP contribution in [0.25, 0.3) is 0 Å². The fourth-order valence-corrected chi connectivity index (χ4v) is 2.41. The quantitative estimate of drug-likeness (QED) is 0.775. The second-order valence-electron chi connectivity index (χ2n) is 5.72. The van der Waals surface area contributed by atoms with Crippen LogP contribution in [0.4, 0.5) is 0 Å². The number of nitrogens with one attached hydrogen (secondary N) is 1. The van der Waals surface area contributed by atoms with Crippen molar-refractivity contribution in [2.24, 2.45) is 0 Å². The third-order valence-electron chi connectivity index (χ3n) is 3.87. The fourth-order valence-electron chi connectivity index (χ4n) is 2.41. The summed E-state index contributed by atoms with van der Waals surface area (Å²) in [5.41, 5.74) is 2.63. The van der Waals surface area contributed by atoms with Gasteiger partial charge in [0.05, 0.1) is 0 Å². The Kier molecular flexibility index (Phi) is 5.40. The molecule has 0 aromatic heterocycles. The van der Waals surface area contributed by atoms with E-state index in [9.17, 15) is 0 Å². The smallest absolute Gasteiger partial charge is 0.119 e. The fraction of sp³-hybridized carbons (Fsp3) is 0.368. The summed E-state index contributed by atoms with van der Waals surface area (Å²) in [6.07, 6.45) is 0. The Morgan fingerprint density at radius 2 is 1.52 bits per heavy atom. The number of ether oxygens (including phenoxy) is 1. The maximum Gasteiger partial charge on any atom is 0.119 e. The topological polar surface area (TPSA) is 21.3 Å². The van der Waals surface area contributed by atoms with Crippen LogP contribution >= 0.6 is 0 Å². The molecule has 2 aromatic rings. The molecule has 0 amide bonds. The molecule has 0 aliphatic heterocycles. The lowest BCUT2D eigenvalue weighted by molar-refractivity contribution is 0.315. The number of likely N-dealkylation sites (N-methyl/N-ethyl adjacent to an activating group) is 1. The molecular formula is C19H25NO. The zero-order chi connectivity index (χ0) is 15.1. The molecule has 2 aromatic carbocycles. The van der Waals surface area contributed by atoms with Crippen LogP contribution in [0.2, 0.25) is 0 Å². The Morgan fingerprint density at radius 3 is 2.14 bits per heavy atom. The second kappa shape index (κ2) is 7.28. The zero-order valence-corrected chi connectivity index (χ0v) is 13.2. The third kappa shape index (κ3) is 4.08. The molecule has 0 saturated carbocycles. The Hall–Kier alpha value is -1.80. The molecule has 0 saturated heterocycles. The number of hydrogen-bond donors (Lipinski definition) is 1. The predicted octanol–water partition coefficient (Wildman–Crippen LogP) is 4.00. The summed E-state index contributed by atoms with van der Waals surface area (Å²) in [6.45, 7) is 9.17. The first kappa shape index (κ1) is 15.6. The van der Waals surface area contributed by atoms with Crippen molar-refractivity contribution in [3.05, 3.63) is 65.7 Å². The summed E-state index contributed by atoms with van der Waals surface area (Å²) >= 11 is 0. The van der Waals surface area contributed by atoms with Gasteiger partial charge in [0.25, 0.3) is 0 Å². The number of rotatable bonds is 7. The summed E-state index contributed by atoms with van der Waals surface area (Å²) in [7, 11) is 0. The molecule has 0 fully saturated rings. The van der Waals surface area contributed by atoms with Gasteiger partial charge in [0.15, 0.2) is 0 Å². The van der Waals surface area contributed by atoms with Gasteiger partial charge in [-0.1, -0.05) is 63.2 Å². The van der Waals surface area contributed by atoms with Gasteiger partial charge in [-0.15, -0.1) is 0 Å². The van der Waals surface area contributed by atoms with Crippen molar-refractivity contribution < 1.29 is 4.74 Å². The molecule has 21 heavy (non-hydrogen) atoms. The van der Waals surface area contributed by atoms with E-state index in [1.807, 2.05) is 0 Å². The molecule has 112 valence electrons. The molecule has 1 N–H and O–H groups in total. The van der Waals surface area contributed by atoms with Crippen molar-refractivity contribution in [3.63, 3.8) is 0 Å². The van der Waals surface area contributed by atoms with Crippen LogP contribution in [-0.4, -0.2) is 19.7 Å². The van der Waals surface area contributed by atoms with Crippen LogP contribution < -0.4 is 10.1 Å². The molecule has 2 rings (SSSR count). The third-order valence-corrected chi connectivity index (χ3v) is 3.87. The monoisotopic (exact) mass is 283 g/mol. The summed E-state index contributed by atoms with van der Waals surface area (Å²) in [4.78, 5) is 0. The zero-order valence-electron chi connectivity index (χ0n) is 13.2. The molecule has 0 aliphatic rings. The van der Waals surface area contributed by atoms with Gasteiger partial charge in [-0.05, 0) is 29.8 Å². The van der Waals surface area contributed by atoms with E-state index in [1.165, 1.54) is 11.1 Å². The first-order valence-corrected chi connectivity index (χ1v) is 7.64. The van der Waals surface area contributed by atoms with Crippen LogP contribution in [0, 0.1) is 0 Å². The Labute approximate surface area is 128 Å². The SMILES string of the molecule is CCNCCOc1ccc(C(C)(C)c2ccccc2)cc1. The van der Waals surface area contributed by atoms with Gasteiger partial charge in [-0.3, -0.25) is 0 Å². The van der Waals surface area contributed by atoms with E-state index in [4.69, 9.17) is 4.74 Å². The lowest BCUT2D eigenvalue weighted by Gasteiger charge is -2.26. The van der Waals surface area contributed by atoms with Crippen LogP contribution in [0.3, 0.4) is 0 Å². The molecule has 2 heteroatoms. The van der Waals surface area contributed by atoms with Crippen LogP contribution in [0.1, 0.15) is 31.9 Å². The highest BCUT2D eigenvalue weighted by Crippen LogP contribution is 2.32. The minimum Gasteiger partial charge on any atom is -0.492 e. The predicted molar refractivity (Wildman–Crippen MR) is 89.1 cm³/mol. The van der Waals surface area contributed by atoms with Crippen molar-refractivity contribution in [1.82, 2.24) is 5.32 Å². The number of hydrogen-bond acceptors (Lipinski definition) is 2. The largest absolute Gasteiger partial charge is 0.492 e. The highest BCUT2D eigenvalue weighted by molar-refractivity contribution is 5.39. The lowest BCUT2D eigenvalue weighted by atomic mass is 9.78. The molecule has 0 spiro atoms. The lowest BCUT2D eigenvalue weighted by Crippen LogP contribution is -2.20. The van der Waals surface area contributed by atoms with E-state index >= 15 is 0 Å². The van der Waals surface area contributed by atoms with Crippen molar-refractivity contribution in [3.8, 4) is 5.75 Å². The summed E-state index contributed by atoms with van der Waals surface area (Å²) in [5, 5.41) is 3.25. The Morgan fingerprint density at radius 1 is 0.905 bits per heavy atom. The van der Waals surface area contributed by atoms with Crippen molar-refractivity contribution in [2.45, 2.75) is 26.2 Å². The van der Waals surface area contributed by atoms with Gasteiger partial charge in [0, 0.05) is 12.0 Å². The Balaban J connectivity index is 2.04. The normalized spacial score (nSPS) is 11.4. The van der Waals surface area contributed by atoms with Crippen molar-refractivity contribution in [2.75, 3.05) is 19.7 Å². The van der Waals surface area contributed by atoms with Crippen LogP contribution in [0.15, 0.2) is 54.6 Å². The summed E-state index contributed by atoms with van der Waals surface area (Å²) < 4.78 is 5.72. The number of benzene rings is 2. The van der Waals surface area contributed by atoms with E-state index in [1.54, 1.807) is 0 Å². The minimum atomic E-state index is 0.00353. The van der Waals surface area contributed by atoms with Gasteiger partial charge >= 0.3 is 0 Å². The average molecular weight is 283 g/mol. The molecule has 2 nitrogen and oxygen atoms in total. The van der Waals surface area contributed by atoms with E-state index in [0.29, 0.717) is 6.61 Å². The molecule has 0 aliphatic carbocycles. The molecule has 0 radical (unpaired) electrons. The molecule has 0 bridgehead atoms. The van der Waals surface area contributed by atoms with Crippen molar-refractivity contribution >= 4 is 0 Å². The second-order valence-corrected chi connectivity index (χ2v) is 5.72. The van der Waals surface area contributed by atoms with E-state index < -0.39 is 0 Å². The van der Waals surface area contributed by atoms with Gasteiger partial charge in [0.1, 0.15) is 12.4 Å². The van der Waals surface area contributed by atoms with E-state index in [0.717, 1.165) is 18.8 Å². The van der Waals surface area contributed by atoms with Gasteiger partial charge in [-0.25, -0.2) is 0 Å². The first-order chi connectivity index (χ1) is 10.1. The van der Waals surface area contributed by atoms with Crippen LogP contribution in [0.5, 0.6) is 5.75 Å². The van der Waals surface area contributed by atoms with Crippen LogP contribution in [-0.2, 0) is 5.41 Å². The van der Waals surface area contributed by atoms with Gasteiger partial charge in [-0.2, -0.15) is 0 Å². The van der Waals surface area contributed by atoms with Crippen molar-refractivity contribution in [1.29, 1.82) is 0 Å². The van der Waals surface area contributed by atoms with E-state index in [-0.39, 0.29) is 5.41 Å². The van der Waals surface area contributed by atoms with E-state index in [2.05, 4.69) is 80.7 Å². The first-order valence-electron chi connectivity index (χ1n) is 7.64. The maximum atomic E-state index is 5.72. The summed E-state index contributed by atoms with van der Waals surface area (Å²) in [5.74, 6) is 0.931. The Bertz CT molecular complexity index is 531. The molecule has 0 atom stereocenters. The summed E-state index contributed by atoms with van der Waals surface area (Å²) in [6, 6.07) is 19.1.